The van der Waals surface area contributed by atoms with Gasteiger partial charge in [-0.1, -0.05) is 60.7 Å². The molecule has 4 aromatic carbocycles. The summed E-state index contributed by atoms with van der Waals surface area (Å²) in [6.45, 7) is 0.750. The summed E-state index contributed by atoms with van der Waals surface area (Å²) in [6, 6.07) is 26.8. The number of hydrogen-bond donors (Lipinski definition) is 1. The average molecular weight is 617 g/mol. The molecule has 2 saturated heterocycles. The van der Waals surface area contributed by atoms with Crippen LogP contribution in [0.2, 0.25) is 0 Å². The number of carbonyl (C=O) groups is 3. The predicted octanol–water partition coefficient (Wildman–Crippen LogP) is 6.68. The molecule has 2 bridgehead atoms. The lowest BCUT2D eigenvalue weighted by Gasteiger charge is -2.38. The van der Waals surface area contributed by atoms with Crippen LogP contribution in [-0.4, -0.2) is 57.6 Å². The van der Waals surface area contributed by atoms with Crippen molar-refractivity contribution in [3.05, 3.63) is 108 Å². The number of urea groups is 2. The fourth-order valence-corrected chi connectivity index (χ4v) is 7.41. The first-order valence-electron chi connectivity index (χ1n) is 15.6. The van der Waals surface area contributed by atoms with Crippen LogP contribution in [0.3, 0.4) is 0 Å². The Balaban J connectivity index is 1.20. The van der Waals surface area contributed by atoms with Gasteiger partial charge in [0.05, 0.1) is 28.8 Å². The second kappa shape index (κ2) is 11.1. The zero-order valence-corrected chi connectivity index (χ0v) is 25.0. The molecular formula is C36H32N4O6. The maximum Gasteiger partial charge on any atom is 0.330 e. The number of nitrogens with zero attached hydrogens (tertiary/aromatic N) is 4. The van der Waals surface area contributed by atoms with Crippen molar-refractivity contribution in [3.63, 3.8) is 0 Å². The highest BCUT2D eigenvalue weighted by Crippen LogP contribution is 2.45. The smallest absolute Gasteiger partial charge is 0.330 e. The zero-order chi connectivity index (χ0) is 31.4. The fraction of sp³-hybridized carbons (Fsp3) is 0.250. The lowest BCUT2D eigenvalue weighted by atomic mass is 10.0. The molecule has 0 aromatic heterocycles. The number of benzene rings is 4. The zero-order valence-electron chi connectivity index (χ0n) is 25.0. The number of likely N-dealkylation sites (tertiary alicyclic amines) is 1. The van der Waals surface area contributed by atoms with Gasteiger partial charge in [-0.05, 0) is 55.7 Å². The number of rotatable bonds is 1. The SMILES string of the molecule is O=C(O)[C@@H]1[C@H]2CCC(CCN1C(=O)N1c3ccccc3COc3ccccc31)N2C(=O)N1c2ccccc2COc2ccccc21. The van der Waals surface area contributed by atoms with Crippen LogP contribution in [0.15, 0.2) is 97.1 Å². The Bertz CT molecular complexity index is 1770. The summed E-state index contributed by atoms with van der Waals surface area (Å²) >= 11 is 0. The average Bonchev–Trinajstić information content (AvgIpc) is 3.20. The molecule has 0 radical (unpaired) electrons. The minimum absolute atomic E-state index is 0.179. The highest BCUT2D eigenvalue weighted by Gasteiger charge is 2.52. The molecule has 232 valence electrons. The van der Waals surface area contributed by atoms with E-state index in [-0.39, 0.29) is 25.2 Å². The first kappa shape index (κ1) is 28.0. The van der Waals surface area contributed by atoms with Crippen molar-refractivity contribution in [2.45, 2.75) is 50.6 Å². The van der Waals surface area contributed by atoms with E-state index in [4.69, 9.17) is 9.47 Å². The van der Waals surface area contributed by atoms with Crippen LogP contribution in [0.4, 0.5) is 32.3 Å². The van der Waals surface area contributed by atoms with Gasteiger partial charge < -0.3 is 24.4 Å². The summed E-state index contributed by atoms with van der Waals surface area (Å²) in [5.41, 5.74) is 4.13. The van der Waals surface area contributed by atoms with Gasteiger partial charge in [-0.3, -0.25) is 9.80 Å². The summed E-state index contributed by atoms with van der Waals surface area (Å²) in [5, 5.41) is 10.8. The molecule has 4 aliphatic rings. The Labute approximate surface area is 266 Å². The molecule has 1 N–H and O–H groups in total. The van der Waals surface area contributed by atoms with Crippen molar-refractivity contribution in [1.29, 1.82) is 0 Å². The van der Waals surface area contributed by atoms with Crippen LogP contribution in [0.1, 0.15) is 30.4 Å². The minimum atomic E-state index is -1.26. The Hall–Kier alpha value is -5.51. The molecule has 3 atom stereocenters. The van der Waals surface area contributed by atoms with Gasteiger partial charge in [0.25, 0.3) is 0 Å². The molecule has 4 aromatic rings. The summed E-state index contributed by atoms with van der Waals surface area (Å²) in [6.07, 6.45) is 1.55. The lowest BCUT2D eigenvalue weighted by molar-refractivity contribution is -0.143. The van der Waals surface area contributed by atoms with Gasteiger partial charge in [0, 0.05) is 23.7 Å². The molecule has 0 saturated carbocycles. The molecule has 8 rings (SSSR count). The second-order valence-corrected chi connectivity index (χ2v) is 12.0. The first-order chi connectivity index (χ1) is 22.5. The van der Waals surface area contributed by atoms with Crippen LogP contribution >= 0.6 is 0 Å². The Kier molecular flexibility index (Phi) is 6.78. The maximum atomic E-state index is 14.8. The molecule has 10 heteroatoms. The number of ether oxygens (including phenoxy) is 2. The maximum absolute atomic E-state index is 14.8. The monoisotopic (exact) mass is 616 g/mol. The van der Waals surface area contributed by atoms with E-state index in [2.05, 4.69) is 0 Å². The molecule has 4 amide bonds. The molecule has 0 aliphatic carbocycles. The number of amides is 4. The number of para-hydroxylation sites is 6. The van der Waals surface area contributed by atoms with Crippen LogP contribution in [0, 0.1) is 0 Å². The van der Waals surface area contributed by atoms with Crippen molar-refractivity contribution >= 4 is 40.8 Å². The Morgan fingerprint density at radius 2 is 1.11 bits per heavy atom. The first-order valence-corrected chi connectivity index (χ1v) is 15.6. The van der Waals surface area contributed by atoms with Gasteiger partial charge in [-0.25, -0.2) is 14.4 Å². The van der Waals surface area contributed by atoms with E-state index in [9.17, 15) is 19.5 Å². The molecule has 0 spiro atoms. The van der Waals surface area contributed by atoms with Crippen molar-refractivity contribution in [3.8, 4) is 11.5 Å². The summed E-state index contributed by atoms with van der Waals surface area (Å²) in [4.78, 5) is 49.2. The van der Waals surface area contributed by atoms with Crippen molar-refractivity contribution < 1.29 is 29.0 Å². The fourth-order valence-electron chi connectivity index (χ4n) is 7.41. The molecule has 2 fully saturated rings. The Morgan fingerprint density at radius 1 is 0.609 bits per heavy atom. The van der Waals surface area contributed by atoms with Gasteiger partial charge in [0.1, 0.15) is 24.7 Å². The number of hydrogen-bond acceptors (Lipinski definition) is 5. The summed E-state index contributed by atoms with van der Waals surface area (Å²) < 4.78 is 12.2. The van der Waals surface area contributed by atoms with Crippen molar-refractivity contribution in [1.82, 2.24) is 9.80 Å². The van der Waals surface area contributed by atoms with Gasteiger partial charge >= 0.3 is 18.0 Å². The molecular weight excluding hydrogens is 584 g/mol. The Morgan fingerprint density at radius 3 is 1.67 bits per heavy atom. The highest BCUT2D eigenvalue weighted by atomic mass is 16.5. The lowest BCUT2D eigenvalue weighted by Crippen LogP contribution is -2.58. The third-order valence-electron chi connectivity index (χ3n) is 9.50. The number of carboxylic acids is 1. The topological polar surface area (TPSA) is 103 Å². The number of carbonyl (C=O) groups excluding carboxylic acids is 2. The van der Waals surface area contributed by atoms with Crippen molar-refractivity contribution in [2.75, 3.05) is 16.3 Å². The largest absolute Gasteiger partial charge is 0.487 e. The van der Waals surface area contributed by atoms with Gasteiger partial charge in [-0.15, -0.1) is 0 Å². The normalized spacial score (nSPS) is 21.3. The third-order valence-corrected chi connectivity index (χ3v) is 9.50. The summed E-state index contributed by atoms with van der Waals surface area (Å²) in [7, 11) is 0. The van der Waals surface area contributed by atoms with Crippen LogP contribution < -0.4 is 19.3 Å². The van der Waals surface area contributed by atoms with Gasteiger partial charge in [0.2, 0.25) is 0 Å². The molecule has 10 nitrogen and oxygen atoms in total. The molecule has 46 heavy (non-hydrogen) atoms. The van der Waals surface area contributed by atoms with E-state index in [1.807, 2.05) is 91.0 Å². The number of fused-ring (bicyclic) bond motifs is 6. The third kappa shape index (κ3) is 4.43. The number of anilines is 4. The van der Waals surface area contributed by atoms with Gasteiger partial charge in [0.15, 0.2) is 6.04 Å². The van der Waals surface area contributed by atoms with Crippen LogP contribution in [-0.2, 0) is 18.0 Å². The number of carboxylic acid groups (broad SMARTS) is 1. The van der Waals surface area contributed by atoms with E-state index >= 15 is 0 Å². The van der Waals surface area contributed by atoms with Crippen LogP contribution in [0.5, 0.6) is 11.5 Å². The molecule has 4 heterocycles. The molecule has 1 unspecified atom stereocenters. The van der Waals surface area contributed by atoms with Crippen LogP contribution in [0.25, 0.3) is 0 Å². The standard InChI is InChI=1S/C36H32N4O6/c41-34(42)33-30-18-17-25(38(30)36(44)40-27-12-4-2-10-24(27)22-46-32-16-8-6-14-29(32)40)19-20-37(33)35(43)39-26-11-3-1-9-23(26)21-45-31-15-7-5-13-28(31)39/h1-16,25,30,33H,17-22H2,(H,41,42)/t25?,30-,33+/m1/s1. The van der Waals surface area contributed by atoms with E-state index in [1.165, 1.54) is 4.90 Å². The predicted molar refractivity (Wildman–Crippen MR) is 171 cm³/mol. The van der Waals surface area contributed by atoms with E-state index in [1.54, 1.807) is 20.8 Å². The molecule has 4 aliphatic heterocycles. The minimum Gasteiger partial charge on any atom is -0.487 e. The highest BCUT2D eigenvalue weighted by molar-refractivity contribution is 6.05. The van der Waals surface area contributed by atoms with E-state index < -0.39 is 24.1 Å². The van der Waals surface area contributed by atoms with E-state index in [0.29, 0.717) is 60.1 Å². The number of aliphatic carboxylic acids is 1. The van der Waals surface area contributed by atoms with Gasteiger partial charge in [-0.2, -0.15) is 0 Å². The van der Waals surface area contributed by atoms with E-state index in [0.717, 1.165) is 11.1 Å². The second-order valence-electron chi connectivity index (χ2n) is 12.0. The summed E-state index contributed by atoms with van der Waals surface area (Å²) in [5.74, 6) is -0.0411. The quantitative estimate of drug-likeness (QED) is 0.256. The van der Waals surface area contributed by atoms with Crippen molar-refractivity contribution in [2.24, 2.45) is 0 Å².